The SMILES string of the molecule is Cc1cccc(CSc2ccc(C(=O)O)c(C)c2)c1. The van der Waals surface area contributed by atoms with Crippen LogP contribution in [0, 0.1) is 13.8 Å². The molecular formula is C16H16O2S. The monoisotopic (exact) mass is 272 g/mol. The molecule has 19 heavy (non-hydrogen) atoms. The number of aryl methyl sites for hydroxylation is 2. The Morgan fingerprint density at radius 2 is 1.95 bits per heavy atom. The van der Waals surface area contributed by atoms with Gasteiger partial charge >= 0.3 is 5.97 Å². The van der Waals surface area contributed by atoms with E-state index in [0.29, 0.717) is 5.56 Å². The number of carbonyl (C=O) groups is 1. The van der Waals surface area contributed by atoms with E-state index in [1.165, 1.54) is 11.1 Å². The summed E-state index contributed by atoms with van der Waals surface area (Å²) >= 11 is 1.72. The number of hydrogen-bond acceptors (Lipinski definition) is 2. The third kappa shape index (κ3) is 3.61. The van der Waals surface area contributed by atoms with Gasteiger partial charge in [-0.2, -0.15) is 0 Å². The van der Waals surface area contributed by atoms with Gasteiger partial charge in [0.2, 0.25) is 0 Å². The van der Waals surface area contributed by atoms with Crippen molar-refractivity contribution in [1.82, 2.24) is 0 Å². The molecule has 2 rings (SSSR count). The maximum absolute atomic E-state index is 10.9. The summed E-state index contributed by atoms with van der Waals surface area (Å²) in [7, 11) is 0. The van der Waals surface area contributed by atoms with Gasteiger partial charge in [-0.15, -0.1) is 11.8 Å². The summed E-state index contributed by atoms with van der Waals surface area (Å²) in [6, 6.07) is 13.9. The Labute approximate surface area is 117 Å². The molecule has 0 saturated carbocycles. The largest absolute Gasteiger partial charge is 0.478 e. The van der Waals surface area contributed by atoms with Gasteiger partial charge in [-0.1, -0.05) is 29.8 Å². The van der Waals surface area contributed by atoms with E-state index in [1.54, 1.807) is 17.8 Å². The molecule has 0 amide bonds. The summed E-state index contributed by atoms with van der Waals surface area (Å²) in [6.45, 7) is 3.92. The first-order valence-electron chi connectivity index (χ1n) is 6.08. The molecule has 2 aromatic carbocycles. The minimum absolute atomic E-state index is 0.375. The van der Waals surface area contributed by atoms with Crippen molar-refractivity contribution in [2.75, 3.05) is 0 Å². The second-order valence-electron chi connectivity index (χ2n) is 4.56. The number of thioether (sulfide) groups is 1. The fourth-order valence-corrected chi connectivity index (χ4v) is 2.87. The number of hydrogen-bond donors (Lipinski definition) is 1. The predicted octanol–water partition coefficient (Wildman–Crippen LogP) is 4.29. The van der Waals surface area contributed by atoms with E-state index >= 15 is 0 Å². The summed E-state index contributed by atoms with van der Waals surface area (Å²) in [4.78, 5) is 12.0. The standard InChI is InChI=1S/C16H16O2S/c1-11-4-3-5-13(8-11)10-19-14-6-7-15(16(17)18)12(2)9-14/h3-9H,10H2,1-2H3,(H,17,18). The average Bonchev–Trinajstić information content (AvgIpc) is 2.36. The highest BCUT2D eigenvalue weighted by Crippen LogP contribution is 2.25. The summed E-state index contributed by atoms with van der Waals surface area (Å²) in [5, 5.41) is 8.99. The average molecular weight is 272 g/mol. The fourth-order valence-electron chi connectivity index (χ4n) is 1.93. The lowest BCUT2D eigenvalue weighted by atomic mass is 10.1. The van der Waals surface area contributed by atoms with Gasteiger partial charge in [0.25, 0.3) is 0 Å². The summed E-state index contributed by atoms with van der Waals surface area (Å²) in [5.41, 5.74) is 3.72. The number of rotatable bonds is 4. The third-order valence-corrected chi connectivity index (χ3v) is 3.98. The molecule has 0 aromatic heterocycles. The molecule has 0 fully saturated rings. The van der Waals surface area contributed by atoms with Crippen LogP contribution in [-0.2, 0) is 5.75 Å². The predicted molar refractivity (Wildman–Crippen MR) is 78.9 cm³/mol. The quantitative estimate of drug-likeness (QED) is 0.843. The van der Waals surface area contributed by atoms with E-state index in [2.05, 4.69) is 31.2 Å². The lowest BCUT2D eigenvalue weighted by Crippen LogP contribution is -1.99. The molecule has 0 atom stereocenters. The highest BCUT2D eigenvalue weighted by Gasteiger charge is 2.07. The van der Waals surface area contributed by atoms with Gasteiger partial charge in [-0.05, 0) is 43.2 Å². The van der Waals surface area contributed by atoms with Gasteiger partial charge < -0.3 is 5.11 Å². The Morgan fingerprint density at radius 1 is 1.16 bits per heavy atom. The number of aromatic carboxylic acids is 1. The van der Waals surface area contributed by atoms with Gasteiger partial charge in [0.05, 0.1) is 5.56 Å². The molecule has 1 N–H and O–H groups in total. The molecule has 0 aliphatic carbocycles. The van der Waals surface area contributed by atoms with Crippen molar-refractivity contribution >= 4 is 17.7 Å². The lowest BCUT2D eigenvalue weighted by molar-refractivity contribution is 0.0696. The first-order valence-corrected chi connectivity index (χ1v) is 7.07. The van der Waals surface area contributed by atoms with E-state index in [4.69, 9.17) is 5.11 Å². The summed E-state index contributed by atoms with van der Waals surface area (Å²) in [5.74, 6) is 0.0285. The molecule has 3 heteroatoms. The molecule has 98 valence electrons. The Bertz CT molecular complexity index is 605. The highest BCUT2D eigenvalue weighted by molar-refractivity contribution is 7.98. The molecule has 0 spiro atoms. The zero-order valence-electron chi connectivity index (χ0n) is 11.0. The Morgan fingerprint density at radius 3 is 2.58 bits per heavy atom. The lowest BCUT2D eigenvalue weighted by Gasteiger charge is -2.06. The second kappa shape index (κ2) is 5.93. The Hall–Kier alpha value is -1.74. The van der Waals surface area contributed by atoms with Crippen molar-refractivity contribution in [3.63, 3.8) is 0 Å². The zero-order valence-corrected chi connectivity index (χ0v) is 11.8. The van der Waals surface area contributed by atoms with Crippen LogP contribution < -0.4 is 0 Å². The van der Waals surface area contributed by atoms with Crippen LogP contribution in [0.15, 0.2) is 47.4 Å². The van der Waals surface area contributed by atoms with Gasteiger partial charge in [0, 0.05) is 10.6 Å². The molecule has 0 bridgehead atoms. The molecule has 0 unspecified atom stereocenters. The molecular weight excluding hydrogens is 256 g/mol. The van der Waals surface area contributed by atoms with Crippen molar-refractivity contribution in [2.24, 2.45) is 0 Å². The maximum atomic E-state index is 10.9. The van der Waals surface area contributed by atoms with Crippen LogP contribution in [0.25, 0.3) is 0 Å². The first kappa shape index (κ1) is 13.7. The van der Waals surface area contributed by atoms with Crippen LogP contribution in [0.4, 0.5) is 0 Å². The normalized spacial score (nSPS) is 10.4. The van der Waals surface area contributed by atoms with Gasteiger partial charge in [-0.3, -0.25) is 0 Å². The van der Waals surface area contributed by atoms with E-state index in [-0.39, 0.29) is 0 Å². The van der Waals surface area contributed by atoms with Crippen LogP contribution in [-0.4, -0.2) is 11.1 Å². The number of benzene rings is 2. The van der Waals surface area contributed by atoms with Crippen LogP contribution in [0.1, 0.15) is 27.0 Å². The second-order valence-corrected chi connectivity index (χ2v) is 5.61. The van der Waals surface area contributed by atoms with Crippen LogP contribution in [0.2, 0.25) is 0 Å². The van der Waals surface area contributed by atoms with Gasteiger partial charge in [0.1, 0.15) is 0 Å². The zero-order chi connectivity index (χ0) is 13.8. The van der Waals surface area contributed by atoms with Crippen LogP contribution >= 0.6 is 11.8 Å². The van der Waals surface area contributed by atoms with E-state index in [0.717, 1.165) is 16.2 Å². The Kier molecular flexibility index (Phi) is 4.27. The minimum atomic E-state index is -0.868. The van der Waals surface area contributed by atoms with E-state index in [9.17, 15) is 4.79 Å². The molecule has 0 saturated heterocycles. The number of carboxylic acids is 1. The molecule has 0 aliphatic heterocycles. The van der Waals surface area contributed by atoms with E-state index < -0.39 is 5.97 Å². The van der Waals surface area contributed by atoms with Gasteiger partial charge in [0.15, 0.2) is 0 Å². The van der Waals surface area contributed by atoms with Crippen LogP contribution in [0.3, 0.4) is 0 Å². The summed E-state index contributed by atoms with van der Waals surface area (Å²) in [6.07, 6.45) is 0. The fraction of sp³-hybridized carbons (Fsp3) is 0.188. The molecule has 0 aliphatic rings. The van der Waals surface area contributed by atoms with Crippen molar-refractivity contribution in [1.29, 1.82) is 0 Å². The third-order valence-electron chi connectivity index (χ3n) is 2.92. The summed E-state index contributed by atoms with van der Waals surface area (Å²) < 4.78 is 0. The topological polar surface area (TPSA) is 37.3 Å². The molecule has 2 nitrogen and oxygen atoms in total. The van der Waals surface area contributed by atoms with Crippen molar-refractivity contribution in [2.45, 2.75) is 24.5 Å². The maximum Gasteiger partial charge on any atom is 0.335 e. The minimum Gasteiger partial charge on any atom is -0.478 e. The highest BCUT2D eigenvalue weighted by atomic mass is 32.2. The van der Waals surface area contributed by atoms with Crippen molar-refractivity contribution in [3.05, 3.63) is 64.7 Å². The molecule has 2 aromatic rings. The molecule has 0 heterocycles. The van der Waals surface area contributed by atoms with E-state index in [1.807, 2.05) is 19.1 Å². The smallest absolute Gasteiger partial charge is 0.335 e. The van der Waals surface area contributed by atoms with Crippen molar-refractivity contribution in [3.8, 4) is 0 Å². The van der Waals surface area contributed by atoms with Crippen LogP contribution in [0.5, 0.6) is 0 Å². The first-order chi connectivity index (χ1) is 9.06. The van der Waals surface area contributed by atoms with Crippen molar-refractivity contribution < 1.29 is 9.90 Å². The van der Waals surface area contributed by atoms with Gasteiger partial charge in [-0.25, -0.2) is 4.79 Å². The Balaban J connectivity index is 2.08. The molecule has 0 radical (unpaired) electrons. The number of carboxylic acid groups (broad SMARTS) is 1.